The van der Waals surface area contributed by atoms with Crippen LogP contribution in [0.15, 0.2) is 0 Å². The van der Waals surface area contributed by atoms with Gasteiger partial charge >= 0.3 is 5.97 Å². The number of carbonyl (C=O) groups excluding carboxylic acids is 1. The van der Waals surface area contributed by atoms with Gasteiger partial charge in [-0.25, -0.2) is 4.79 Å². The number of carbonyl (C=O) groups is 2. The topological polar surface area (TPSA) is 87.7 Å². The molecule has 1 fully saturated rings. The van der Waals surface area contributed by atoms with Gasteiger partial charge in [0.2, 0.25) is 5.91 Å². The van der Waals surface area contributed by atoms with E-state index in [9.17, 15) is 9.59 Å². The van der Waals surface area contributed by atoms with Crippen molar-refractivity contribution in [3.63, 3.8) is 0 Å². The molecule has 17 heavy (non-hydrogen) atoms. The second kappa shape index (κ2) is 5.97. The molecule has 0 saturated carbocycles. The smallest absolute Gasteiger partial charge is 0.334 e. The minimum Gasteiger partial charge on any atom is -0.479 e. The van der Waals surface area contributed by atoms with Gasteiger partial charge in [-0.1, -0.05) is 0 Å². The van der Waals surface area contributed by atoms with E-state index in [2.05, 4.69) is 10.6 Å². The lowest BCUT2D eigenvalue weighted by molar-refractivity contribution is -0.148. The first-order chi connectivity index (χ1) is 7.99. The van der Waals surface area contributed by atoms with Crippen molar-refractivity contribution < 1.29 is 19.4 Å². The number of rotatable bonds is 5. The first-order valence-electron chi connectivity index (χ1n) is 5.74. The summed E-state index contributed by atoms with van der Waals surface area (Å²) in [5.41, 5.74) is -0.449. The predicted molar refractivity (Wildman–Crippen MR) is 61.7 cm³/mol. The molecule has 6 heteroatoms. The minimum atomic E-state index is -1.07. The summed E-state index contributed by atoms with van der Waals surface area (Å²) < 4.78 is 4.75. The van der Waals surface area contributed by atoms with Gasteiger partial charge in [0.15, 0.2) is 6.10 Å². The highest BCUT2D eigenvalue weighted by Crippen LogP contribution is 2.25. The molecule has 0 radical (unpaired) electrons. The second-order valence-electron chi connectivity index (χ2n) is 4.61. The fourth-order valence-corrected chi connectivity index (χ4v) is 1.92. The molecule has 1 rings (SSSR count). The molecule has 0 aromatic rings. The maximum Gasteiger partial charge on any atom is 0.334 e. The van der Waals surface area contributed by atoms with Crippen molar-refractivity contribution in [1.29, 1.82) is 0 Å². The van der Waals surface area contributed by atoms with Gasteiger partial charge in [0, 0.05) is 13.7 Å². The van der Waals surface area contributed by atoms with Crippen LogP contribution < -0.4 is 10.6 Å². The summed E-state index contributed by atoms with van der Waals surface area (Å²) in [6, 6.07) is 0. The van der Waals surface area contributed by atoms with Crippen molar-refractivity contribution in [2.24, 2.45) is 5.41 Å². The lowest BCUT2D eigenvalue weighted by atomic mass is 9.82. The molecule has 1 heterocycles. The van der Waals surface area contributed by atoms with Gasteiger partial charge in [-0.15, -0.1) is 0 Å². The van der Waals surface area contributed by atoms with Gasteiger partial charge in [0.25, 0.3) is 0 Å². The molecular formula is C11H20N2O4. The maximum atomic E-state index is 12.0. The normalized spacial score (nSPS) is 26.2. The van der Waals surface area contributed by atoms with Gasteiger partial charge in [-0.05, 0) is 26.3 Å². The van der Waals surface area contributed by atoms with Crippen molar-refractivity contribution in [1.82, 2.24) is 10.6 Å². The number of nitrogens with one attached hydrogen (secondary N) is 2. The van der Waals surface area contributed by atoms with Crippen LogP contribution >= 0.6 is 0 Å². The van der Waals surface area contributed by atoms with Crippen LogP contribution in [0.2, 0.25) is 0 Å². The largest absolute Gasteiger partial charge is 0.479 e. The Hall–Kier alpha value is -1.14. The molecule has 0 aromatic carbocycles. The molecule has 2 unspecified atom stereocenters. The van der Waals surface area contributed by atoms with Crippen molar-refractivity contribution in [3.05, 3.63) is 0 Å². The van der Waals surface area contributed by atoms with E-state index in [4.69, 9.17) is 9.84 Å². The molecule has 0 bridgehead atoms. The van der Waals surface area contributed by atoms with Crippen molar-refractivity contribution in [2.75, 3.05) is 26.7 Å². The fourth-order valence-electron chi connectivity index (χ4n) is 1.92. The molecule has 1 aliphatic heterocycles. The van der Waals surface area contributed by atoms with Crippen molar-refractivity contribution in [2.45, 2.75) is 25.9 Å². The van der Waals surface area contributed by atoms with Gasteiger partial charge in [0.05, 0.1) is 12.0 Å². The van der Waals surface area contributed by atoms with Gasteiger partial charge < -0.3 is 20.5 Å². The highest BCUT2D eigenvalue weighted by molar-refractivity contribution is 5.83. The van der Waals surface area contributed by atoms with Crippen LogP contribution in [0.25, 0.3) is 0 Å². The lowest BCUT2D eigenvalue weighted by Crippen LogP contribution is -2.50. The maximum absolute atomic E-state index is 12.0. The molecule has 3 N–H and O–H groups in total. The Morgan fingerprint density at radius 3 is 2.76 bits per heavy atom. The molecule has 2 atom stereocenters. The van der Waals surface area contributed by atoms with E-state index in [1.165, 1.54) is 7.11 Å². The number of piperidine rings is 1. The zero-order valence-electron chi connectivity index (χ0n) is 10.3. The Kier molecular flexibility index (Phi) is 4.89. The SMILES string of the molecule is COC(CNC(=O)C1(C)CCCNC1)C(=O)O. The molecular weight excluding hydrogens is 224 g/mol. The van der Waals surface area contributed by atoms with E-state index in [1.54, 1.807) is 0 Å². The van der Waals surface area contributed by atoms with Crippen LogP contribution in [0.3, 0.4) is 0 Å². The van der Waals surface area contributed by atoms with Crippen LogP contribution in [0, 0.1) is 5.41 Å². The zero-order valence-corrected chi connectivity index (χ0v) is 10.3. The average molecular weight is 244 g/mol. The average Bonchev–Trinajstić information content (AvgIpc) is 2.30. The van der Waals surface area contributed by atoms with Crippen LogP contribution in [-0.4, -0.2) is 49.8 Å². The summed E-state index contributed by atoms with van der Waals surface area (Å²) in [6.45, 7) is 3.44. The van der Waals surface area contributed by atoms with E-state index in [-0.39, 0.29) is 12.5 Å². The third-order valence-corrected chi connectivity index (χ3v) is 3.15. The number of methoxy groups -OCH3 is 1. The standard InChI is InChI=1S/C11H20N2O4/c1-11(4-3-5-12-7-11)10(16)13-6-8(17-2)9(14)15/h8,12H,3-7H2,1-2H3,(H,13,16)(H,14,15). The van der Waals surface area contributed by atoms with E-state index < -0.39 is 17.5 Å². The highest BCUT2D eigenvalue weighted by atomic mass is 16.5. The van der Waals surface area contributed by atoms with Crippen LogP contribution in [0.1, 0.15) is 19.8 Å². The summed E-state index contributed by atoms with van der Waals surface area (Å²) in [6.07, 6.45) is 0.784. The number of ether oxygens (including phenoxy) is 1. The molecule has 0 spiro atoms. The summed E-state index contributed by atoms with van der Waals surface area (Å²) in [5.74, 6) is -1.19. The Balaban J connectivity index is 2.45. The first kappa shape index (κ1) is 13.9. The minimum absolute atomic E-state index is 0.000255. The van der Waals surface area contributed by atoms with E-state index in [0.717, 1.165) is 19.4 Å². The van der Waals surface area contributed by atoms with Gasteiger partial charge in [0.1, 0.15) is 0 Å². The number of aliphatic carboxylic acids is 1. The molecule has 1 aliphatic rings. The predicted octanol–water partition coefficient (Wildman–Crippen LogP) is -0.408. The summed E-state index contributed by atoms with van der Waals surface area (Å²) in [5, 5.41) is 14.6. The number of carboxylic acid groups (broad SMARTS) is 1. The lowest BCUT2D eigenvalue weighted by Gasteiger charge is -2.32. The van der Waals surface area contributed by atoms with E-state index in [1.807, 2.05) is 6.92 Å². The van der Waals surface area contributed by atoms with Crippen molar-refractivity contribution >= 4 is 11.9 Å². The Labute approximate surface area is 101 Å². The van der Waals surface area contributed by atoms with Gasteiger partial charge in [-0.2, -0.15) is 0 Å². The van der Waals surface area contributed by atoms with Gasteiger partial charge in [-0.3, -0.25) is 4.79 Å². The Bertz CT molecular complexity index is 287. The first-order valence-corrected chi connectivity index (χ1v) is 5.74. The quantitative estimate of drug-likeness (QED) is 0.612. The van der Waals surface area contributed by atoms with Crippen LogP contribution in [0.5, 0.6) is 0 Å². The van der Waals surface area contributed by atoms with E-state index in [0.29, 0.717) is 6.54 Å². The summed E-state index contributed by atoms with van der Waals surface area (Å²) in [4.78, 5) is 22.7. The van der Waals surface area contributed by atoms with Crippen LogP contribution in [0.4, 0.5) is 0 Å². The highest BCUT2D eigenvalue weighted by Gasteiger charge is 2.35. The molecule has 0 aromatic heterocycles. The Morgan fingerprint density at radius 1 is 1.59 bits per heavy atom. The summed E-state index contributed by atoms with van der Waals surface area (Å²) in [7, 11) is 1.31. The number of hydrogen-bond acceptors (Lipinski definition) is 4. The summed E-state index contributed by atoms with van der Waals surface area (Å²) >= 11 is 0. The van der Waals surface area contributed by atoms with Crippen molar-refractivity contribution in [3.8, 4) is 0 Å². The molecule has 1 amide bonds. The molecule has 98 valence electrons. The zero-order chi connectivity index (χ0) is 12.9. The third kappa shape index (κ3) is 3.67. The number of amides is 1. The van der Waals surface area contributed by atoms with Crippen LogP contribution in [-0.2, 0) is 14.3 Å². The fraction of sp³-hybridized carbons (Fsp3) is 0.818. The monoisotopic (exact) mass is 244 g/mol. The molecule has 1 saturated heterocycles. The third-order valence-electron chi connectivity index (χ3n) is 3.15. The molecule has 6 nitrogen and oxygen atoms in total. The molecule has 0 aliphatic carbocycles. The number of hydrogen-bond donors (Lipinski definition) is 3. The van der Waals surface area contributed by atoms with E-state index >= 15 is 0 Å². The Morgan fingerprint density at radius 2 is 2.29 bits per heavy atom. The second-order valence-corrected chi connectivity index (χ2v) is 4.61. The number of carboxylic acids is 1.